The van der Waals surface area contributed by atoms with Gasteiger partial charge in [0.05, 0.1) is 10.6 Å². The Hall–Kier alpha value is -1.69. The lowest BCUT2D eigenvalue weighted by Gasteiger charge is -2.18. The van der Waals surface area contributed by atoms with Crippen LogP contribution < -0.4 is 0 Å². The van der Waals surface area contributed by atoms with Crippen LogP contribution in [0.1, 0.15) is 56.5 Å². The van der Waals surface area contributed by atoms with Crippen LogP contribution >= 0.6 is 11.8 Å². The first-order valence-corrected chi connectivity index (χ1v) is 9.44. The zero-order valence-corrected chi connectivity index (χ0v) is 16.3. The van der Waals surface area contributed by atoms with Crippen molar-refractivity contribution >= 4 is 17.5 Å². The monoisotopic (exact) mass is 383 g/mol. The molecular formula is C20H24F3NOS. The number of carbonyl (C=O) groups is 1. The molecule has 2 nitrogen and oxygen atoms in total. The second kappa shape index (κ2) is 7.91. The van der Waals surface area contributed by atoms with Crippen LogP contribution in [0.2, 0.25) is 0 Å². The van der Waals surface area contributed by atoms with E-state index in [2.05, 4.69) is 27.7 Å². The van der Waals surface area contributed by atoms with Gasteiger partial charge in [-0.05, 0) is 17.9 Å². The number of alkyl halides is 3. The minimum Gasteiger partial charge on any atom is -0.342 e. The van der Waals surface area contributed by atoms with Gasteiger partial charge in [0.2, 0.25) is 0 Å². The third-order valence-electron chi connectivity index (χ3n) is 4.01. The van der Waals surface area contributed by atoms with E-state index in [4.69, 9.17) is 0 Å². The molecule has 0 fully saturated rings. The van der Waals surface area contributed by atoms with Gasteiger partial charge in [0.15, 0.2) is 5.78 Å². The average Bonchev–Trinajstić information content (AvgIpc) is 2.95. The molecule has 0 bridgehead atoms. The molecule has 0 aliphatic carbocycles. The lowest BCUT2D eigenvalue weighted by molar-refractivity contribution is -0.137. The summed E-state index contributed by atoms with van der Waals surface area (Å²) in [5.41, 5.74) is -1.29. The van der Waals surface area contributed by atoms with Crippen molar-refractivity contribution in [2.45, 2.75) is 46.7 Å². The van der Waals surface area contributed by atoms with Gasteiger partial charge >= 0.3 is 6.18 Å². The third kappa shape index (κ3) is 4.93. The summed E-state index contributed by atoms with van der Waals surface area (Å²) in [4.78, 5) is 15.7. The molecule has 1 aliphatic heterocycles. The van der Waals surface area contributed by atoms with Gasteiger partial charge in [-0.1, -0.05) is 64.1 Å². The first-order valence-electron chi connectivity index (χ1n) is 8.63. The maximum absolute atomic E-state index is 13.2. The van der Waals surface area contributed by atoms with Crippen molar-refractivity contribution in [1.82, 2.24) is 4.90 Å². The van der Waals surface area contributed by atoms with Crippen molar-refractivity contribution in [2.24, 2.45) is 5.41 Å². The van der Waals surface area contributed by atoms with E-state index in [0.29, 0.717) is 5.03 Å². The highest BCUT2D eigenvalue weighted by Gasteiger charge is 2.35. The zero-order chi connectivity index (χ0) is 19.5. The molecule has 0 spiro atoms. The van der Waals surface area contributed by atoms with Gasteiger partial charge in [-0.15, -0.1) is 0 Å². The van der Waals surface area contributed by atoms with Crippen LogP contribution in [0.15, 0.2) is 46.5 Å². The zero-order valence-electron chi connectivity index (χ0n) is 15.5. The summed E-state index contributed by atoms with van der Waals surface area (Å²) in [6.45, 7) is 9.05. The molecule has 0 saturated heterocycles. The smallest absolute Gasteiger partial charge is 0.342 e. The number of nitrogens with zero attached hydrogens (tertiary/aromatic N) is 1. The van der Waals surface area contributed by atoms with Gasteiger partial charge in [0.1, 0.15) is 0 Å². The van der Waals surface area contributed by atoms with Crippen LogP contribution in [-0.2, 0) is 6.18 Å². The van der Waals surface area contributed by atoms with E-state index in [1.165, 1.54) is 36.0 Å². The number of hydrogen-bond donors (Lipinski definition) is 0. The molecule has 0 saturated carbocycles. The Morgan fingerprint density at radius 2 is 1.85 bits per heavy atom. The SMILES string of the molecule is CCCCN1C=C(C(C)(C)C)SC1=CC(=O)c1ccccc1C(F)(F)F. The van der Waals surface area contributed by atoms with Gasteiger partial charge < -0.3 is 4.90 Å². The van der Waals surface area contributed by atoms with Crippen molar-refractivity contribution in [2.75, 3.05) is 6.54 Å². The van der Waals surface area contributed by atoms with E-state index in [1.807, 2.05) is 11.1 Å². The first-order chi connectivity index (χ1) is 12.0. The number of rotatable bonds is 5. The second-order valence-electron chi connectivity index (χ2n) is 7.28. The van der Waals surface area contributed by atoms with E-state index < -0.39 is 17.5 Å². The van der Waals surface area contributed by atoms with E-state index in [0.717, 1.165) is 30.4 Å². The highest BCUT2D eigenvalue weighted by Crippen LogP contribution is 2.45. The van der Waals surface area contributed by atoms with Crippen molar-refractivity contribution < 1.29 is 18.0 Å². The Kier molecular flexibility index (Phi) is 6.27. The van der Waals surface area contributed by atoms with Crippen LogP contribution in [0.4, 0.5) is 13.2 Å². The number of benzene rings is 1. The van der Waals surface area contributed by atoms with Crippen LogP contribution in [0.5, 0.6) is 0 Å². The molecule has 26 heavy (non-hydrogen) atoms. The molecule has 0 N–H and O–H groups in total. The maximum Gasteiger partial charge on any atom is 0.417 e. The van der Waals surface area contributed by atoms with Crippen molar-refractivity contribution in [3.63, 3.8) is 0 Å². The Labute approximate surface area is 157 Å². The Bertz CT molecular complexity index is 729. The highest BCUT2D eigenvalue weighted by atomic mass is 32.2. The second-order valence-corrected chi connectivity index (χ2v) is 8.34. The fourth-order valence-electron chi connectivity index (χ4n) is 2.50. The van der Waals surface area contributed by atoms with Gasteiger partial charge in [-0.3, -0.25) is 4.79 Å². The number of hydrogen-bond acceptors (Lipinski definition) is 3. The minimum atomic E-state index is -4.55. The Balaban J connectivity index is 2.35. The van der Waals surface area contributed by atoms with Crippen molar-refractivity contribution in [3.8, 4) is 0 Å². The fourth-order valence-corrected chi connectivity index (χ4v) is 3.64. The molecule has 1 aromatic carbocycles. The van der Waals surface area contributed by atoms with Gasteiger partial charge in [0, 0.05) is 29.3 Å². The summed E-state index contributed by atoms with van der Waals surface area (Å²) in [6, 6.07) is 4.93. The fraction of sp³-hybridized carbons (Fsp3) is 0.450. The number of allylic oxidation sites excluding steroid dienone is 2. The van der Waals surface area contributed by atoms with E-state index >= 15 is 0 Å². The number of thioether (sulfide) groups is 1. The molecule has 0 aromatic heterocycles. The number of carbonyl (C=O) groups excluding carboxylic acids is 1. The van der Waals surface area contributed by atoms with E-state index in [9.17, 15) is 18.0 Å². The Morgan fingerprint density at radius 3 is 2.42 bits per heavy atom. The van der Waals surface area contributed by atoms with Gasteiger partial charge in [-0.25, -0.2) is 0 Å². The molecular weight excluding hydrogens is 359 g/mol. The molecule has 6 heteroatoms. The van der Waals surface area contributed by atoms with Crippen molar-refractivity contribution in [3.05, 3.63) is 57.6 Å². The maximum atomic E-state index is 13.2. The summed E-state index contributed by atoms with van der Waals surface area (Å²) >= 11 is 1.46. The summed E-state index contributed by atoms with van der Waals surface area (Å²) in [5.74, 6) is -0.620. The lowest BCUT2D eigenvalue weighted by atomic mass is 9.96. The first kappa shape index (κ1) is 20.6. The molecule has 1 heterocycles. The number of halogens is 3. The standard InChI is InChI=1S/C20H24F3NOS/c1-5-6-11-24-13-17(19(2,3)4)26-18(24)12-16(25)14-9-7-8-10-15(14)20(21,22)23/h7-10,12-13H,5-6,11H2,1-4H3. The topological polar surface area (TPSA) is 20.3 Å². The quantitative estimate of drug-likeness (QED) is 0.429. The molecule has 0 amide bonds. The summed E-state index contributed by atoms with van der Waals surface area (Å²) in [6.07, 6.45) is 0.733. The van der Waals surface area contributed by atoms with E-state index in [-0.39, 0.29) is 11.0 Å². The molecule has 142 valence electrons. The van der Waals surface area contributed by atoms with E-state index in [1.54, 1.807) is 0 Å². The molecule has 0 atom stereocenters. The predicted octanol–water partition coefficient (Wildman–Crippen LogP) is 6.47. The average molecular weight is 383 g/mol. The molecule has 1 aromatic rings. The highest BCUT2D eigenvalue weighted by molar-refractivity contribution is 8.07. The van der Waals surface area contributed by atoms with Gasteiger partial charge in [0.25, 0.3) is 0 Å². The molecule has 1 aliphatic rings. The lowest BCUT2D eigenvalue weighted by Crippen LogP contribution is -2.16. The normalized spacial score (nSPS) is 17.0. The number of unbranched alkanes of at least 4 members (excludes halogenated alkanes) is 1. The minimum absolute atomic E-state index is 0.0857. The largest absolute Gasteiger partial charge is 0.417 e. The number of ketones is 1. The predicted molar refractivity (Wildman–Crippen MR) is 101 cm³/mol. The van der Waals surface area contributed by atoms with Crippen molar-refractivity contribution in [1.29, 1.82) is 0 Å². The summed E-state index contributed by atoms with van der Waals surface area (Å²) in [5, 5.41) is 0.686. The van der Waals surface area contributed by atoms with Crippen LogP contribution in [0, 0.1) is 5.41 Å². The third-order valence-corrected chi connectivity index (χ3v) is 5.51. The van der Waals surface area contributed by atoms with Crippen LogP contribution in [0.3, 0.4) is 0 Å². The molecule has 2 rings (SSSR count). The molecule has 0 radical (unpaired) electrons. The summed E-state index contributed by atoms with van der Waals surface area (Å²) in [7, 11) is 0. The Morgan fingerprint density at radius 1 is 1.19 bits per heavy atom. The van der Waals surface area contributed by atoms with Crippen LogP contribution in [0.25, 0.3) is 0 Å². The van der Waals surface area contributed by atoms with Gasteiger partial charge in [-0.2, -0.15) is 13.2 Å². The summed E-state index contributed by atoms with van der Waals surface area (Å²) < 4.78 is 39.6. The molecule has 0 unspecified atom stereocenters. The van der Waals surface area contributed by atoms with Crippen LogP contribution in [-0.4, -0.2) is 17.2 Å².